The maximum absolute atomic E-state index is 6.18. The molecule has 0 amide bonds. The highest BCUT2D eigenvalue weighted by molar-refractivity contribution is 9.10. The number of thiocarbonyl (C=S) groups is 1. The standard InChI is InChI=1S/C19H20BrClN2OS/c1-22-8-10-23(11-9-22)19(25)14-6-7-18(16(20)12-14)24-13-15-4-2-3-5-17(15)21/h2-7,12H,8-11,13H2,1H3. The van der Waals surface area contributed by atoms with Crippen molar-refractivity contribution in [3.63, 3.8) is 0 Å². The number of rotatable bonds is 4. The molecule has 3 nitrogen and oxygen atoms in total. The van der Waals surface area contributed by atoms with Crippen LogP contribution in [0.3, 0.4) is 0 Å². The predicted octanol–water partition coefficient (Wildman–Crippen LogP) is 4.60. The van der Waals surface area contributed by atoms with E-state index in [1.165, 1.54) is 0 Å². The normalized spacial score (nSPS) is 15.2. The molecule has 0 spiro atoms. The fourth-order valence-electron chi connectivity index (χ4n) is 2.71. The lowest BCUT2D eigenvalue weighted by molar-refractivity contribution is 0.218. The van der Waals surface area contributed by atoms with Gasteiger partial charge in [0.15, 0.2) is 0 Å². The van der Waals surface area contributed by atoms with Crippen LogP contribution in [0.15, 0.2) is 46.9 Å². The Morgan fingerprint density at radius 1 is 1.16 bits per heavy atom. The lowest BCUT2D eigenvalue weighted by atomic mass is 10.2. The Kier molecular flexibility index (Phi) is 6.34. The number of nitrogens with zero attached hydrogens (tertiary/aromatic N) is 2. The number of halogens is 2. The van der Waals surface area contributed by atoms with Crippen molar-refractivity contribution < 1.29 is 4.74 Å². The van der Waals surface area contributed by atoms with Gasteiger partial charge < -0.3 is 14.5 Å². The minimum absolute atomic E-state index is 0.431. The van der Waals surface area contributed by atoms with Crippen LogP contribution in [0.2, 0.25) is 5.02 Å². The van der Waals surface area contributed by atoms with Crippen molar-refractivity contribution in [2.24, 2.45) is 0 Å². The van der Waals surface area contributed by atoms with Crippen molar-refractivity contribution in [3.05, 3.63) is 63.1 Å². The number of hydrogen-bond acceptors (Lipinski definition) is 3. The molecule has 3 rings (SSSR count). The van der Waals surface area contributed by atoms with Crippen molar-refractivity contribution in [2.45, 2.75) is 6.61 Å². The molecule has 1 saturated heterocycles. The fraction of sp³-hybridized carbons (Fsp3) is 0.316. The van der Waals surface area contributed by atoms with E-state index in [-0.39, 0.29) is 0 Å². The number of likely N-dealkylation sites (N-methyl/N-ethyl adjacent to an activating group) is 1. The minimum Gasteiger partial charge on any atom is -0.488 e. The van der Waals surface area contributed by atoms with E-state index in [0.29, 0.717) is 11.6 Å². The number of ether oxygens (including phenoxy) is 1. The van der Waals surface area contributed by atoms with Crippen LogP contribution in [-0.2, 0) is 6.61 Å². The van der Waals surface area contributed by atoms with Gasteiger partial charge in [-0.15, -0.1) is 0 Å². The second kappa shape index (κ2) is 8.49. The summed E-state index contributed by atoms with van der Waals surface area (Å²) < 4.78 is 6.80. The number of hydrogen-bond donors (Lipinski definition) is 0. The molecule has 0 atom stereocenters. The van der Waals surface area contributed by atoms with Gasteiger partial charge >= 0.3 is 0 Å². The van der Waals surface area contributed by atoms with Crippen molar-refractivity contribution in [1.29, 1.82) is 0 Å². The highest BCUT2D eigenvalue weighted by Crippen LogP contribution is 2.28. The van der Waals surface area contributed by atoms with Gasteiger partial charge in [-0.25, -0.2) is 0 Å². The van der Waals surface area contributed by atoms with E-state index in [4.69, 9.17) is 28.6 Å². The molecule has 0 N–H and O–H groups in total. The van der Waals surface area contributed by atoms with Crippen molar-refractivity contribution in [3.8, 4) is 5.75 Å². The maximum atomic E-state index is 6.18. The first-order valence-corrected chi connectivity index (χ1v) is 9.76. The summed E-state index contributed by atoms with van der Waals surface area (Å²) in [5.74, 6) is 0.782. The van der Waals surface area contributed by atoms with Crippen LogP contribution in [0.5, 0.6) is 5.75 Å². The molecule has 1 heterocycles. The number of piperazine rings is 1. The zero-order valence-corrected chi connectivity index (χ0v) is 17.2. The third-order valence-corrected chi connectivity index (χ3v) is 5.79. The molecular weight excluding hydrogens is 420 g/mol. The van der Waals surface area contributed by atoms with Gasteiger partial charge in [0.05, 0.1) is 4.47 Å². The zero-order valence-electron chi connectivity index (χ0n) is 14.0. The SMILES string of the molecule is CN1CCN(C(=S)c2ccc(OCc3ccccc3Cl)c(Br)c2)CC1. The van der Waals surface area contributed by atoms with Crippen LogP contribution in [0, 0.1) is 0 Å². The summed E-state index contributed by atoms with van der Waals surface area (Å²) >= 11 is 15.4. The number of benzene rings is 2. The largest absolute Gasteiger partial charge is 0.488 e. The second-order valence-electron chi connectivity index (χ2n) is 6.12. The Morgan fingerprint density at radius 2 is 1.88 bits per heavy atom. The van der Waals surface area contributed by atoms with Crippen molar-refractivity contribution >= 4 is 44.7 Å². The third-order valence-electron chi connectivity index (χ3n) is 4.31. The lowest BCUT2D eigenvalue weighted by Crippen LogP contribution is -2.46. The molecule has 132 valence electrons. The summed E-state index contributed by atoms with van der Waals surface area (Å²) in [6.07, 6.45) is 0. The molecule has 1 aliphatic heterocycles. The summed E-state index contributed by atoms with van der Waals surface area (Å²) in [4.78, 5) is 5.48. The molecular formula is C19H20BrClN2OS. The summed E-state index contributed by atoms with van der Waals surface area (Å²) in [7, 11) is 2.14. The molecule has 6 heteroatoms. The summed E-state index contributed by atoms with van der Waals surface area (Å²) in [6.45, 7) is 4.45. The monoisotopic (exact) mass is 438 g/mol. The van der Waals surface area contributed by atoms with Crippen LogP contribution in [0.25, 0.3) is 0 Å². The first-order valence-electron chi connectivity index (χ1n) is 8.18. The van der Waals surface area contributed by atoms with Crippen LogP contribution in [-0.4, -0.2) is 48.0 Å². The Hall–Kier alpha value is -1.14. The molecule has 0 bridgehead atoms. The van der Waals surface area contributed by atoms with E-state index in [1.54, 1.807) is 0 Å². The van der Waals surface area contributed by atoms with E-state index in [9.17, 15) is 0 Å². The third kappa shape index (κ3) is 4.73. The Bertz CT molecular complexity index is 763. The quantitative estimate of drug-likeness (QED) is 0.646. The van der Waals surface area contributed by atoms with Crippen LogP contribution >= 0.6 is 39.7 Å². The summed E-state index contributed by atoms with van der Waals surface area (Å²) in [6, 6.07) is 13.7. The van der Waals surface area contributed by atoms with Crippen LogP contribution in [0.4, 0.5) is 0 Å². The second-order valence-corrected chi connectivity index (χ2v) is 7.77. The van der Waals surface area contributed by atoms with Crippen LogP contribution < -0.4 is 4.74 Å². The first-order chi connectivity index (χ1) is 12.0. The Balaban J connectivity index is 1.66. The van der Waals surface area contributed by atoms with Crippen LogP contribution in [0.1, 0.15) is 11.1 Å². The van der Waals surface area contributed by atoms with Gasteiger partial charge in [0, 0.05) is 42.3 Å². The molecule has 0 unspecified atom stereocenters. The molecule has 0 saturated carbocycles. The summed E-state index contributed by atoms with van der Waals surface area (Å²) in [5, 5.41) is 0.714. The lowest BCUT2D eigenvalue weighted by Gasteiger charge is -2.34. The van der Waals surface area contributed by atoms with Gasteiger partial charge in [-0.3, -0.25) is 0 Å². The van der Waals surface area contributed by atoms with Gasteiger partial charge in [0.2, 0.25) is 0 Å². The smallest absolute Gasteiger partial charge is 0.134 e. The molecule has 2 aromatic carbocycles. The van der Waals surface area contributed by atoms with Crippen molar-refractivity contribution in [2.75, 3.05) is 33.2 Å². The molecule has 1 fully saturated rings. The van der Waals surface area contributed by atoms with Gasteiger partial charge in [-0.05, 0) is 47.2 Å². The van der Waals surface area contributed by atoms with Gasteiger partial charge in [-0.1, -0.05) is 42.0 Å². The van der Waals surface area contributed by atoms with Gasteiger partial charge in [0.25, 0.3) is 0 Å². The fourth-order valence-corrected chi connectivity index (χ4v) is 3.71. The molecule has 25 heavy (non-hydrogen) atoms. The topological polar surface area (TPSA) is 15.7 Å². The average Bonchev–Trinajstić information content (AvgIpc) is 2.62. The van der Waals surface area contributed by atoms with Gasteiger partial charge in [0.1, 0.15) is 17.3 Å². The molecule has 0 aromatic heterocycles. The Morgan fingerprint density at radius 3 is 2.56 bits per heavy atom. The molecule has 0 aliphatic carbocycles. The molecule has 1 aliphatic rings. The van der Waals surface area contributed by atoms with E-state index in [1.807, 2.05) is 42.5 Å². The van der Waals surface area contributed by atoms with Crippen molar-refractivity contribution in [1.82, 2.24) is 9.80 Å². The van der Waals surface area contributed by atoms with E-state index >= 15 is 0 Å². The Labute approximate surface area is 167 Å². The minimum atomic E-state index is 0.431. The van der Waals surface area contributed by atoms with E-state index in [2.05, 4.69) is 32.8 Å². The van der Waals surface area contributed by atoms with E-state index in [0.717, 1.165) is 52.5 Å². The highest BCUT2D eigenvalue weighted by Gasteiger charge is 2.18. The van der Waals surface area contributed by atoms with Gasteiger partial charge in [-0.2, -0.15) is 0 Å². The molecule has 0 radical (unpaired) electrons. The van der Waals surface area contributed by atoms with E-state index < -0.39 is 0 Å². The maximum Gasteiger partial charge on any atom is 0.134 e. The predicted molar refractivity (Wildman–Crippen MR) is 111 cm³/mol. The summed E-state index contributed by atoms with van der Waals surface area (Å²) in [5.41, 5.74) is 2.00. The average molecular weight is 440 g/mol. The molecule has 2 aromatic rings. The first kappa shape index (κ1) is 18.6. The zero-order chi connectivity index (χ0) is 17.8. The highest BCUT2D eigenvalue weighted by atomic mass is 79.9.